The number of hydrogen-bond acceptors (Lipinski definition) is 7. The summed E-state index contributed by atoms with van der Waals surface area (Å²) in [6.07, 6.45) is 8.81. The first-order valence-corrected chi connectivity index (χ1v) is 15.1. The third-order valence-corrected chi connectivity index (χ3v) is 10.6. The molecule has 0 bridgehead atoms. The third-order valence-electron chi connectivity index (χ3n) is 10.6. The minimum absolute atomic E-state index is 0.0160. The van der Waals surface area contributed by atoms with E-state index in [0.717, 1.165) is 24.0 Å². The average Bonchev–Trinajstić information content (AvgIpc) is 3.23. The Morgan fingerprint density at radius 2 is 1.80 bits per heavy atom. The highest BCUT2D eigenvalue weighted by Crippen LogP contribution is 2.68. The van der Waals surface area contributed by atoms with Gasteiger partial charge in [-0.1, -0.05) is 62.8 Å². The van der Waals surface area contributed by atoms with Gasteiger partial charge < -0.3 is 14.6 Å². The topological polar surface area (TPSA) is 107 Å². The lowest BCUT2D eigenvalue weighted by Crippen LogP contribution is -2.63. The molecule has 220 valence electrons. The van der Waals surface area contributed by atoms with Gasteiger partial charge in [0, 0.05) is 29.6 Å². The molecule has 5 rings (SSSR count). The smallest absolute Gasteiger partial charge is 0.306 e. The maximum absolute atomic E-state index is 14.0. The van der Waals surface area contributed by atoms with Gasteiger partial charge >= 0.3 is 11.9 Å². The minimum Gasteiger partial charge on any atom is -0.457 e. The summed E-state index contributed by atoms with van der Waals surface area (Å²) in [5, 5.41) is 11.8. The zero-order chi connectivity index (χ0) is 29.4. The number of Topliss-reactive ketones (excluding diaryl/α,β-unsaturated/α-hetero) is 1. The summed E-state index contributed by atoms with van der Waals surface area (Å²) in [6.45, 7) is 5.50. The van der Waals surface area contributed by atoms with E-state index in [1.807, 2.05) is 50.3 Å². The van der Waals surface area contributed by atoms with Crippen molar-refractivity contribution in [3.8, 4) is 0 Å². The van der Waals surface area contributed by atoms with Crippen LogP contribution in [0.2, 0.25) is 0 Å². The van der Waals surface area contributed by atoms with E-state index in [4.69, 9.17) is 9.47 Å². The molecule has 4 aliphatic carbocycles. The van der Waals surface area contributed by atoms with Crippen LogP contribution in [0, 0.1) is 28.6 Å². The van der Waals surface area contributed by atoms with Crippen LogP contribution in [0.5, 0.6) is 0 Å². The average molecular weight is 563 g/mol. The van der Waals surface area contributed by atoms with E-state index in [-0.39, 0.29) is 42.8 Å². The quantitative estimate of drug-likeness (QED) is 0.418. The van der Waals surface area contributed by atoms with Gasteiger partial charge in [0.1, 0.15) is 0 Å². The molecule has 0 radical (unpaired) electrons. The Kier molecular flexibility index (Phi) is 8.12. The highest BCUT2D eigenvalue weighted by molar-refractivity contribution is 6.01. The van der Waals surface area contributed by atoms with Crippen molar-refractivity contribution >= 4 is 23.5 Å². The minimum atomic E-state index is -1.47. The molecule has 0 aliphatic heterocycles. The molecular weight excluding hydrogens is 520 g/mol. The molecule has 7 heteroatoms. The van der Waals surface area contributed by atoms with Gasteiger partial charge in [0.2, 0.25) is 5.78 Å². The zero-order valence-corrected chi connectivity index (χ0v) is 24.4. The van der Waals surface area contributed by atoms with Gasteiger partial charge in [-0.05, 0) is 74.5 Å². The molecule has 7 nitrogen and oxygen atoms in total. The number of fused-ring (bicyclic) bond motifs is 5. The van der Waals surface area contributed by atoms with E-state index in [0.29, 0.717) is 25.7 Å². The summed E-state index contributed by atoms with van der Waals surface area (Å²) >= 11 is 0. The molecule has 1 unspecified atom stereocenters. The Hall–Kier alpha value is -3.06. The molecule has 0 aromatic heterocycles. The molecule has 7 atom stereocenters. The maximum atomic E-state index is 14.0. The number of carbonyl (C=O) groups is 4. The number of hydrogen-bond donors (Lipinski definition) is 1. The van der Waals surface area contributed by atoms with Crippen LogP contribution in [0.15, 0.2) is 54.1 Å². The Bertz CT molecular complexity index is 1260. The molecule has 1 aromatic rings. The van der Waals surface area contributed by atoms with Crippen molar-refractivity contribution in [1.29, 1.82) is 0 Å². The number of ether oxygens (including phenoxy) is 2. The molecule has 3 fully saturated rings. The van der Waals surface area contributed by atoms with Gasteiger partial charge in [-0.3, -0.25) is 19.2 Å². The van der Waals surface area contributed by atoms with Crippen LogP contribution in [-0.4, -0.2) is 46.9 Å². The number of aryl methyl sites for hydroxylation is 1. The summed E-state index contributed by atoms with van der Waals surface area (Å²) in [7, 11) is 0. The van der Waals surface area contributed by atoms with Gasteiger partial charge in [0.15, 0.2) is 18.0 Å². The van der Waals surface area contributed by atoms with Crippen LogP contribution in [0.3, 0.4) is 0 Å². The lowest BCUT2D eigenvalue weighted by molar-refractivity contribution is -0.201. The standard InChI is InChI=1S/C34H42O7/c1-4-8-30(39)41-34(28(37)21-40-29(38)14-11-22-9-6-5-7-10-22)18-16-26-25-13-12-23-19-24(35)15-17-32(23,2)31(25)27(36)20-33(26,34)3/h5-7,9-10,15,17,19,25-27,31,36H,4,8,11-14,16,18,20-21H2,1-3H3/t25-,26-,27?,31+,32-,33-,34-/m0/s1. The Labute approximate surface area is 242 Å². The van der Waals surface area contributed by atoms with Gasteiger partial charge in [-0.15, -0.1) is 0 Å². The van der Waals surface area contributed by atoms with Crippen molar-refractivity contribution in [3.05, 3.63) is 59.7 Å². The predicted molar refractivity (Wildman–Crippen MR) is 152 cm³/mol. The Balaban J connectivity index is 1.38. The van der Waals surface area contributed by atoms with E-state index in [1.165, 1.54) is 0 Å². The van der Waals surface area contributed by atoms with Crippen molar-refractivity contribution in [2.24, 2.45) is 28.6 Å². The van der Waals surface area contributed by atoms with E-state index in [1.54, 1.807) is 12.2 Å². The van der Waals surface area contributed by atoms with E-state index in [9.17, 15) is 24.3 Å². The molecular formula is C34H42O7. The summed E-state index contributed by atoms with van der Waals surface area (Å²) < 4.78 is 11.6. The van der Waals surface area contributed by atoms with Crippen LogP contribution in [0.1, 0.15) is 77.7 Å². The number of benzene rings is 1. The molecule has 0 amide bonds. The van der Waals surface area contributed by atoms with E-state index in [2.05, 4.69) is 6.92 Å². The molecule has 41 heavy (non-hydrogen) atoms. The second-order valence-electron chi connectivity index (χ2n) is 12.9. The maximum Gasteiger partial charge on any atom is 0.306 e. The lowest BCUT2D eigenvalue weighted by Gasteiger charge is -2.59. The number of rotatable bonds is 9. The fraction of sp³-hybridized carbons (Fsp3) is 0.588. The van der Waals surface area contributed by atoms with Gasteiger partial charge in [0.25, 0.3) is 0 Å². The van der Waals surface area contributed by atoms with Crippen molar-refractivity contribution in [2.75, 3.05) is 6.61 Å². The first-order chi connectivity index (χ1) is 19.5. The molecule has 1 aromatic carbocycles. The molecule has 0 spiro atoms. The second kappa shape index (κ2) is 11.3. The summed E-state index contributed by atoms with van der Waals surface area (Å²) in [4.78, 5) is 51.7. The molecule has 1 N–H and O–H groups in total. The first-order valence-electron chi connectivity index (χ1n) is 15.1. The fourth-order valence-electron chi connectivity index (χ4n) is 8.67. The van der Waals surface area contributed by atoms with Crippen molar-refractivity contribution < 1.29 is 33.8 Å². The molecule has 4 aliphatic rings. The number of allylic oxidation sites excluding steroid dienone is 4. The number of aliphatic hydroxyl groups is 1. The second-order valence-corrected chi connectivity index (χ2v) is 12.9. The van der Waals surface area contributed by atoms with Crippen LogP contribution in [0.4, 0.5) is 0 Å². The van der Waals surface area contributed by atoms with Crippen LogP contribution in [-0.2, 0) is 35.1 Å². The third kappa shape index (κ3) is 5.11. The van der Waals surface area contributed by atoms with Crippen molar-refractivity contribution in [3.63, 3.8) is 0 Å². The normalized spacial score (nSPS) is 35.5. The zero-order valence-electron chi connectivity index (χ0n) is 24.4. The monoisotopic (exact) mass is 562 g/mol. The van der Waals surface area contributed by atoms with Crippen LogP contribution < -0.4 is 0 Å². The van der Waals surface area contributed by atoms with E-state index < -0.39 is 46.9 Å². The van der Waals surface area contributed by atoms with Crippen molar-refractivity contribution in [2.45, 2.75) is 90.3 Å². The van der Waals surface area contributed by atoms with Gasteiger partial charge in [-0.25, -0.2) is 0 Å². The lowest BCUT2D eigenvalue weighted by atomic mass is 9.46. The highest BCUT2D eigenvalue weighted by Gasteiger charge is 2.70. The number of esters is 2. The van der Waals surface area contributed by atoms with Gasteiger partial charge in [0.05, 0.1) is 6.10 Å². The van der Waals surface area contributed by atoms with Gasteiger partial charge in [-0.2, -0.15) is 0 Å². The highest BCUT2D eigenvalue weighted by atomic mass is 16.6. The molecule has 0 saturated heterocycles. The summed E-state index contributed by atoms with van der Waals surface area (Å²) in [5.74, 6) is -1.31. The van der Waals surface area contributed by atoms with Crippen LogP contribution in [0.25, 0.3) is 0 Å². The molecule has 3 saturated carbocycles. The number of aliphatic hydroxyl groups excluding tert-OH is 1. The Morgan fingerprint density at radius 1 is 1.05 bits per heavy atom. The first kappa shape index (κ1) is 29.4. The summed E-state index contributed by atoms with van der Waals surface area (Å²) in [5.41, 5.74) is -0.638. The summed E-state index contributed by atoms with van der Waals surface area (Å²) in [6, 6.07) is 9.61. The number of ketones is 2. The van der Waals surface area contributed by atoms with E-state index >= 15 is 0 Å². The molecule has 0 heterocycles. The van der Waals surface area contributed by atoms with Crippen LogP contribution >= 0.6 is 0 Å². The SMILES string of the molecule is CCCC(=O)O[C@]1(C(=O)COC(=O)CCc2ccccc2)CC[C@H]2[C@@H]3CCC4=CC(=O)C=C[C@]4(C)[C@H]3C(O)C[C@@]21C. The fourth-order valence-corrected chi connectivity index (χ4v) is 8.67. The Morgan fingerprint density at radius 3 is 2.54 bits per heavy atom. The predicted octanol–water partition coefficient (Wildman–Crippen LogP) is 5.09. The number of carbonyl (C=O) groups excluding carboxylic acids is 4. The largest absolute Gasteiger partial charge is 0.457 e. The van der Waals surface area contributed by atoms with Crippen molar-refractivity contribution in [1.82, 2.24) is 0 Å².